The van der Waals surface area contributed by atoms with Gasteiger partial charge in [-0.2, -0.15) is 18.4 Å². The van der Waals surface area contributed by atoms with E-state index in [1.165, 1.54) is 4.57 Å². The van der Waals surface area contributed by atoms with Crippen LogP contribution in [0.5, 0.6) is 0 Å². The van der Waals surface area contributed by atoms with E-state index in [1.54, 1.807) is 22.6 Å². The molecule has 10 heteroatoms. The SMILES string of the molecule is Cn1c(=O)n(CC(C)(C)C)c2ccc(-c3cc(CN4CC5CCC4CN5CC(F)(F)F)ccc3C#N)nc21. The number of aromatic nitrogens is 3. The van der Waals surface area contributed by atoms with Crippen molar-refractivity contribution in [1.29, 1.82) is 5.26 Å². The zero-order valence-corrected chi connectivity index (χ0v) is 22.2. The van der Waals surface area contributed by atoms with Crippen molar-refractivity contribution in [2.75, 3.05) is 19.6 Å². The molecule has 2 bridgehead atoms. The lowest BCUT2D eigenvalue weighted by Crippen LogP contribution is -2.63. The molecule has 7 nitrogen and oxygen atoms in total. The molecule has 202 valence electrons. The van der Waals surface area contributed by atoms with Gasteiger partial charge in [0.25, 0.3) is 0 Å². The van der Waals surface area contributed by atoms with Crippen molar-refractivity contribution < 1.29 is 13.2 Å². The molecule has 2 atom stereocenters. The van der Waals surface area contributed by atoms with Crippen molar-refractivity contribution in [3.05, 3.63) is 51.9 Å². The third kappa shape index (κ3) is 5.22. The molecule has 0 N–H and O–H groups in total. The first-order valence-electron chi connectivity index (χ1n) is 13.0. The standard InChI is InChI=1S/C28H33F3N6O/c1-27(2,3)16-37-24-10-9-23(33-25(24)34(4)26(37)38)22-11-18(5-6-19(22)12-32)13-35-14-21-8-7-20(35)15-36(21)17-28(29,30)31/h5-6,9-11,20-21H,7-8,13-17H2,1-4H3. The fraction of sp³-hybridized carbons (Fsp3) is 0.536. The molecule has 6 rings (SSSR count). The van der Waals surface area contributed by atoms with Crippen LogP contribution in [0.15, 0.2) is 35.1 Å². The Balaban J connectivity index is 1.43. The second-order valence-electron chi connectivity index (χ2n) is 11.9. The van der Waals surface area contributed by atoms with Crippen molar-refractivity contribution >= 4 is 11.2 Å². The van der Waals surface area contributed by atoms with Gasteiger partial charge in [-0.25, -0.2) is 9.78 Å². The maximum absolute atomic E-state index is 13.0. The van der Waals surface area contributed by atoms with E-state index >= 15 is 0 Å². The molecule has 2 unspecified atom stereocenters. The second kappa shape index (κ2) is 9.54. The number of benzene rings is 1. The van der Waals surface area contributed by atoms with Crippen LogP contribution in [0.3, 0.4) is 0 Å². The maximum Gasteiger partial charge on any atom is 0.401 e. The lowest BCUT2D eigenvalue weighted by Gasteiger charge is -2.51. The highest BCUT2D eigenvalue weighted by Gasteiger charge is 2.43. The molecule has 3 saturated heterocycles. The molecular weight excluding hydrogens is 493 g/mol. The molecule has 1 aromatic carbocycles. The molecule has 5 heterocycles. The van der Waals surface area contributed by atoms with Crippen LogP contribution in [0.2, 0.25) is 0 Å². The number of aryl methyl sites for hydroxylation is 1. The van der Waals surface area contributed by atoms with Crippen LogP contribution >= 0.6 is 0 Å². The number of alkyl halides is 3. The Hall–Kier alpha value is -3.16. The summed E-state index contributed by atoms with van der Waals surface area (Å²) in [5.41, 5.74) is 3.85. The zero-order chi connectivity index (χ0) is 27.4. The van der Waals surface area contributed by atoms with Gasteiger partial charge in [0, 0.05) is 50.9 Å². The van der Waals surface area contributed by atoms with Crippen LogP contribution in [0.1, 0.15) is 44.7 Å². The zero-order valence-electron chi connectivity index (χ0n) is 22.2. The molecular formula is C28H33F3N6O. The third-order valence-corrected chi connectivity index (χ3v) is 7.62. The number of hydrogen-bond donors (Lipinski definition) is 0. The molecule has 0 aliphatic carbocycles. The van der Waals surface area contributed by atoms with E-state index in [2.05, 4.69) is 31.7 Å². The van der Waals surface area contributed by atoms with E-state index in [1.807, 2.05) is 24.3 Å². The van der Waals surface area contributed by atoms with E-state index in [-0.39, 0.29) is 23.2 Å². The lowest BCUT2D eigenvalue weighted by molar-refractivity contribution is -0.166. The number of fused-ring (bicyclic) bond motifs is 4. The van der Waals surface area contributed by atoms with Crippen molar-refractivity contribution in [3.63, 3.8) is 0 Å². The Labute approximate surface area is 220 Å². The van der Waals surface area contributed by atoms with Gasteiger partial charge in [0.2, 0.25) is 0 Å². The average molecular weight is 527 g/mol. The van der Waals surface area contributed by atoms with Crippen LogP contribution in [-0.2, 0) is 20.1 Å². The summed E-state index contributed by atoms with van der Waals surface area (Å²) in [4.78, 5) is 21.6. The Morgan fingerprint density at radius 3 is 2.32 bits per heavy atom. The third-order valence-electron chi connectivity index (χ3n) is 7.62. The molecule has 0 saturated carbocycles. The average Bonchev–Trinajstić information content (AvgIpc) is 3.07. The van der Waals surface area contributed by atoms with Gasteiger partial charge in [0.05, 0.1) is 29.4 Å². The Bertz CT molecular complexity index is 1460. The largest absolute Gasteiger partial charge is 0.401 e. The van der Waals surface area contributed by atoms with Gasteiger partial charge >= 0.3 is 11.9 Å². The Morgan fingerprint density at radius 2 is 1.71 bits per heavy atom. The van der Waals surface area contributed by atoms with Crippen LogP contribution in [-0.4, -0.2) is 61.8 Å². The summed E-state index contributed by atoms with van der Waals surface area (Å²) in [6, 6.07) is 11.6. The fourth-order valence-corrected chi connectivity index (χ4v) is 5.90. The molecule has 3 aliphatic rings. The highest BCUT2D eigenvalue weighted by molar-refractivity contribution is 5.78. The summed E-state index contributed by atoms with van der Waals surface area (Å²) in [6.45, 7) is 7.56. The minimum Gasteiger partial charge on any atom is -0.293 e. The summed E-state index contributed by atoms with van der Waals surface area (Å²) in [5, 5.41) is 9.80. The number of imidazole rings is 1. The summed E-state index contributed by atoms with van der Waals surface area (Å²) in [6.07, 6.45) is -2.51. The second-order valence-corrected chi connectivity index (χ2v) is 11.9. The molecule has 3 aromatic rings. The van der Waals surface area contributed by atoms with Crippen molar-refractivity contribution in [2.45, 2.75) is 65.0 Å². The molecule has 3 aliphatic heterocycles. The first kappa shape index (κ1) is 26.4. The molecule has 38 heavy (non-hydrogen) atoms. The Kier molecular flexibility index (Phi) is 6.64. The van der Waals surface area contributed by atoms with E-state index in [0.29, 0.717) is 48.6 Å². The summed E-state index contributed by atoms with van der Waals surface area (Å²) >= 11 is 0. The summed E-state index contributed by atoms with van der Waals surface area (Å²) < 4.78 is 42.3. The highest BCUT2D eigenvalue weighted by Crippen LogP contribution is 2.33. The number of pyridine rings is 1. The minimum atomic E-state index is -4.18. The number of piperazine rings is 1. The van der Waals surface area contributed by atoms with Crippen LogP contribution in [0.4, 0.5) is 13.2 Å². The Morgan fingerprint density at radius 1 is 1.03 bits per heavy atom. The van der Waals surface area contributed by atoms with Crippen molar-refractivity contribution in [3.8, 4) is 17.3 Å². The van der Waals surface area contributed by atoms with Gasteiger partial charge in [0.1, 0.15) is 0 Å². The van der Waals surface area contributed by atoms with Crippen molar-refractivity contribution in [1.82, 2.24) is 23.9 Å². The van der Waals surface area contributed by atoms with E-state index in [4.69, 9.17) is 4.98 Å². The number of nitrogens with zero attached hydrogens (tertiary/aromatic N) is 6. The first-order valence-corrected chi connectivity index (χ1v) is 13.0. The summed E-state index contributed by atoms with van der Waals surface area (Å²) in [7, 11) is 1.70. The smallest absolute Gasteiger partial charge is 0.293 e. The van der Waals surface area contributed by atoms with Crippen LogP contribution in [0.25, 0.3) is 22.4 Å². The van der Waals surface area contributed by atoms with Gasteiger partial charge < -0.3 is 0 Å². The molecule has 3 fully saturated rings. The predicted molar refractivity (Wildman–Crippen MR) is 139 cm³/mol. The molecule has 0 spiro atoms. The van der Waals surface area contributed by atoms with E-state index < -0.39 is 12.7 Å². The van der Waals surface area contributed by atoms with Crippen LogP contribution < -0.4 is 5.69 Å². The van der Waals surface area contributed by atoms with Crippen molar-refractivity contribution in [2.24, 2.45) is 12.5 Å². The van der Waals surface area contributed by atoms with Gasteiger partial charge in [-0.1, -0.05) is 26.8 Å². The number of hydrogen-bond acceptors (Lipinski definition) is 5. The van der Waals surface area contributed by atoms with Gasteiger partial charge in [-0.05, 0) is 48.1 Å². The first-order chi connectivity index (χ1) is 17.8. The number of piperidine rings is 2. The predicted octanol–water partition coefficient (Wildman–Crippen LogP) is 4.53. The molecule has 0 radical (unpaired) electrons. The van der Waals surface area contributed by atoms with Gasteiger partial charge in [0.15, 0.2) is 5.65 Å². The lowest BCUT2D eigenvalue weighted by atomic mass is 9.90. The van der Waals surface area contributed by atoms with Gasteiger partial charge in [-0.3, -0.25) is 18.9 Å². The topological polar surface area (TPSA) is 70.1 Å². The van der Waals surface area contributed by atoms with E-state index in [0.717, 1.165) is 23.9 Å². The van der Waals surface area contributed by atoms with Gasteiger partial charge in [-0.15, -0.1) is 0 Å². The van der Waals surface area contributed by atoms with Crippen LogP contribution in [0, 0.1) is 16.7 Å². The molecule has 2 aromatic heterocycles. The van der Waals surface area contributed by atoms with E-state index in [9.17, 15) is 23.2 Å². The maximum atomic E-state index is 13.0. The minimum absolute atomic E-state index is 0.0769. The highest BCUT2D eigenvalue weighted by atomic mass is 19.4. The quantitative estimate of drug-likeness (QED) is 0.489. The fourth-order valence-electron chi connectivity index (χ4n) is 5.90. The number of nitriles is 1. The molecule has 0 amide bonds. The number of rotatable bonds is 5. The summed E-state index contributed by atoms with van der Waals surface area (Å²) in [5.74, 6) is 0. The monoisotopic (exact) mass is 526 g/mol. The normalized spacial score (nSPS) is 20.8. The number of halogens is 3.